The van der Waals surface area contributed by atoms with Crippen molar-refractivity contribution in [2.24, 2.45) is 0 Å². The second-order valence-electron chi connectivity index (χ2n) is 5.42. The minimum Gasteiger partial charge on any atom is -0.110 e. The van der Waals surface area contributed by atoms with E-state index in [0.29, 0.717) is 0 Å². The second kappa shape index (κ2) is 15.9. The SMILES string of the molecule is CCCCCCCCCCCCCC[SiH2]C(Cl)Cl. The smallest absolute Gasteiger partial charge is 0.0908 e. The number of hydrogen-bond donors (Lipinski definition) is 0. The molecule has 0 aromatic carbocycles. The fourth-order valence-electron chi connectivity index (χ4n) is 2.32. The van der Waals surface area contributed by atoms with Crippen LogP contribution in [0, 0.1) is 0 Å². The number of halogens is 2. The van der Waals surface area contributed by atoms with Crippen molar-refractivity contribution < 1.29 is 0 Å². The molecule has 18 heavy (non-hydrogen) atoms. The van der Waals surface area contributed by atoms with Crippen LogP contribution in [0.2, 0.25) is 6.04 Å². The lowest BCUT2D eigenvalue weighted by atomic mass is 10.1. The molecule has 0 heterocycles. The molecule has 0 rings (SSSR count). The van der Waals surface area contributed by atoms with Crippen molar-refractivity contribution in [2.75, 3.05) is 0 Å². The van der Waals surface area contributed by atoms with Crippen molar-refractivity contribution >= 4 is 32.7 Å². The molecule has 0 saturated carbocycles. The largest absolute Gasteiger partial charge is 0.110 e. The van der Waals surface area contributed by atoms with Crippen LogP contribution in [0.3, 0.4) is 0 Å². The Kier molecular flexibility index (Phi) is 16.6. The molecule has 0 aliphatic carbocycles. The Balaban J connectivity index is 2.90. The maximum Gasteiger partial charge on any atom is 0.0908 e. The molecule has 0 aliphatic heterocycles. The summed E-state index contributed by atoms with van der Waals surface area (Å²) >= 11 is 11.5. The number of alkyl halides is 2. The van der Waals surface area contributed by atoms with E-state index in [1.54, 1.807) is 0 Å². The lowest BCUT2D eigenvalue weighted by Gasteiger charge is -2.03. The summed E-state index contributed by atoms with van der Waals surface area (Å²) in [6.07, 6.45) is 17.1. The third kappa shape index (κ3) is 16.8. The van der Waals surface area contributed by atoms with Gasteiger partial charge in [0.05, 0.1) is 14.0 Å². The van der Waals surface area contributed by atoms with Crippen molar-refractivity contribution in [1.82, 2.24) is 0 Å². The van der Waals surface area contributed by atoms with Crippen LogP contribution in [0.1, 0.15) is 84.0 Å². The maximum absolute atomic E-state index is 5.75. The molecular weight excluding hydrogens is 279 g/mol. The highest BCUT2D eigenvalue weighted by Gasteiger charge is 1.98. The van der Waals surface area contributed by atoms with Gasteiger partial charge in [0.2, 0.25) is 0 Å². The van der Waals surface area contributed by atoms with Gasteiger partial charge in [-0.25, -0.2) is 0 Å². The Hall–Kier alpha value is 0.797. The summed E-state index contributed by atoms with van der Waals surface area (Å²) in [5.74, 6) is 0. The minimum absolute atomic E-state index is 0.0160. The van der Waals surface area contributed by atoms with Crippen molar-refractivity contribution in [1.29, 1.82) is 0 Å². The highest BCUT2D eigenvalue weighted by atomic mass is 35.5. The Labute approximate surface area is 127 Å². The van der Waals surface area contributed by atoms with E-state index in [0.717, 1.165) is 0 Å². The molecule has 0 bridgehead atoms. The predicted octanol–water partition coefficient (Wildman–Crippen LogP) is 6.04. The van der Waals surface area contributed by atoms with Crippen LogP contribution in [-0.4, -0.2) is 14.0 Å². The Morgan fingerprint density at radius 2 is 1.06 bits per heavy atom. The molecule has 0 N–H and O–H groups in total. The average molecular weight is 311 g/mol. The highest BCUT2D eigenvalue weighted by molar-refractivity contribution is 6.68. The molecular formula is C15H32Cl2Si. The van der Waals surface area contributed by atoms with Crippen LogP contribution in [0.4, 0.5) is 0 Å². The van der Waals surface area contributed by atoms with Gasteiger partial charge < -0.3 is 0 Å². The molecule has 0 fully saturated rings. The first-order chi connectivity index (χ1) is 8.77. The van der Waals surface area contributed by atoms with Crippen LogP contribution in [0.25, 0.3) is 0 Å². The van der Waals surface area contributed by atoms with Crippen molar-refractivity contribution in [3.05, 3.63) is 0 Å². The molecule has 0 radical (unpaired) electrons. The lowest BCUT2D eigenvalue weighted by molar-refractivity contribution is 0.548. The Morgan fingerprint density at radius 3 is 1.44 bits per heavy atom. The van der Waals surface area contributed by atoms with Crippen LogP contribution in [-0.2, 0) is 0 Å². The van der Waals surface area contributed by atoms with Gasteiger partial charge in [-0.2, -0.15) is 0 Å². The van der Waals surface area contributed by atoms with E-state index in [1.807, 2.05) is 0 Å². The maximum atomic E-state index is 5.75. The zero-order chi connectivity index (χ0) is 13.5. The summed E-state index contributed by atoms with van der Waals surface area (Å²) in [6, 6.07) is 1.33. The van der Waals surface area contributed by atoms with Crippen molar-refractivity contribution in [2.45, 2.75) is 94.5 Å². The zero-order valence-corrected chi connectivity index (χ0v) is 15.2. The standard InChI is InChI=1S/C15H32Cl2Si/c1-2-3-4-5-6-7-8-9-10-11-12-13-14-18-15(16)17/h15H,2-14,18H2,1H3. The van der Waals surface area contributed by atoms with Gasteiger partial charge in [-0.1, -0.05) is 90.0 Å². The molecule has 0 saturated heterocycles. The summed E-state index contributed by atoms with van der Waals surface area (Å²) in [5.41, 5.74) is 0. The number of rotatable bonds is 14. The van der Waals surface area contributed by atoms with Crippen LogP contribution < -0.4 is 0 Å². The van der Waals surface area contributed by atoms with Crippen LogP contribution >= 0.6 is 23.2 Å². The Morgan fingerprint density at radius 1 is 0.667 bits per heavy atom. The van der Waals surface area contributed by atoms with E-state index in [2.05, 4.69) is 6.92 Å². The van der Waals surface area contributed by atoms with Gasteiger partial charge in [-0.3, -0.25) is 0 Å². The van der Waals surface area contributed by atoms with Crippen molar-refractivity contribution in [3.63, 3.8) is 0 Å². The van der Waals surface area contributed by atoms with E-state index >= 15 is 0 Å². The van der Waals surface area contributed by atoms with E-state index in [1.165, 1.54) is 83.1 Å². The van der Waals surface area contributed by atoms with E-state index in [-0.39, 0.29) is 14.0 Å². The predicted molar refractivity (Wildman–Crippen MR) is 89.9 cm³/mol. The van der Waals surface area contributed by atoms with Gasteiger partial charge in [0.15, 0.2) is 0 Å². The molecule has 0 unspecified atom stereocenters. The van der Waals surface area contributed by atoms with Crippen LogP contribution in [0.15, 0.2) is 0 Å². The van der Waals surface area contributed by atoms with E-state index in [4.69, 9.17) is 23.2 Å². The molecule has 0 aromatic rings. The number of unbranched alkanes of at least 4 members (excludes halogenated alkanes) is 11. The molecule has 0 nitrogen and oxygen atoms in total. The van der Waals surface area contributed by atoms with Gasteiger partial charge in [-0.15, -0.1) is 23.2 Å². The fraction of sp³-hybridized carbons (Fsp3) is 1.00. The molecule has 3 heteroatoms. The number of hydrogen-bond acceptors (Lipinski definition) is 0. The monoisotopic (exact) mass is 310 g/mol. The molecule has 0 aliphatic rings. The molecule has 0 spiro atoms. The molecule has 110 valence electrons. The van der Waals surface area contributed by atoms with E-state index in [9.17, 15) is 0 Å². The first kappa shape index (κ1) is 18.8. The van der Waals surface area contributed by atoms with Gasteiger partial charge in [0.1, 0.15) is 0 Å². The average Bonchev–Trinajstić information content (AvgIpc) is 2.34. The topological polar surface area (TPSA) is 0 Å². The lowest BCUT2D eigenvalue weighted by Crippen LogP contribution is -1.99. The van der Waals surface area contributed by atoms with Gasteiger partial charge in [0.25, 0.3) is 0 Å². The summed E-state index contributed by atoms with van der Waals surface area (Å²) in [4.78, 5) is 0. The van der Waals surface area contributed by atoms with Gasteiger partial charge in [-0.05, 0) is 0 Å². The summed E-state index contributed by atoms with van der Waals surface area (Å²) < 4.78 is -0.0160. The summed E-state index contributed by atoms with van der Waals surface area (Å²) in [7, 11) is -0.181. The first-order valence-corrected chi connectivity index (χ1v) is 10.7. The zero-order valence-electron chi connectivity index (χ0n) is 12.2. The van der Waals surface area contributed by atoms with Gasteiger partial charge in [0, 0.05) is 0 Å². The third-order valence-electron chi connectivity index (χ3n) is 3.53. The quantitative estimate of drug-likeness (QED) is 0.208. The fourth-order valence-corrected chi connectivity index (χ4v) is 4.19. The second-order valence-corrected chi connectivity index (χ2v) is 9.84. The minimum atomic E-state index is -0.181. The van der Waals surface area contributed by atoms with Crippen LogP contribution in [0.5, 0.6) is 0 Å². The molecule has 0 atom stereocenters. The third-order valence-corrected chi connectivity index (χ3v) is 6.18. The Bertz CT molecular complexity index is 151. The van der Waals surface area contributed by atoms with Crippen molar-refractivity contribution in [3.8, 4) is 0 Å². The normalized spacial score (nSPS) is 12.0. The highest BCUT2D eigenvalue weighted by Crippen LogP contribution is 2.13. The first-order valence-electron chi connectivity index (χ1n) is 8.05. The molecule has 0 amide bonds. The van der Waals surface area contributed by atoms with E-state index < -0.39 is 0 Å². The molecule has 0 aromatic heterocycles. The summed E-state index contributed by atoms with van der Waals surface area (Å²) in [6.45, 7) is 2.28. The van der Waals surface area contributed by atoms with Gasteiger partial charge >= 0.3 is 0 Å². The summed E-state index contributed by atoms with van der Waals surface area (Å²) in [5, 5.41) is 0.